The number of nitrogens with two attached hydrogens (primary N) is 1. The number of rotatable bonds is 4. The molecule has 0 aliphatic heterocycles. The first-order chi connectivity index (χ1) is 9.44. The summed E-state index contributed by atoms with van der Waals surface area (Å²) in [5, 5.41) is 3.07. The summed E-state index contributed by atoms with van der Waals surface area (Å²) in [7, 11) is 4.19. The number of carbonyl (C=O) groups is 1. The van der Waals surface area contributed by atoms with Crippen LogP contribution in [-0.4, -0.2) is 37.0 Å². The van der Waals surface area contributed by atoms with Crippen molar-refractivity contribution in [2.75, 3.05) is 26.4 Å². The molecule has 1 aliphatic carbocycles. The molecular formula is C16H25N3O. The first-order valence-electron chi connectivity index (χ1n) is 7.26. The molecule has 0 spiro atoms. The summed E-state index contributed by atoms with van der Waals surface area (Å²) in [6, 6.07) is 5.56. The van der Waals surface area contributed by atoms with Crippen molar-refractivity contribution >= 4 is 11.6 Å². The molecular weight excluding hydrogens is 250 g/mol. The van der Waals surface area contributed by atoms with E-state index in [2.05, 4.69) is 24.3 Å². The lowest BCUT2D eigenvalue weighted by molar-refractivity contribution is 0.0901. The van der Waals surface area contributed by atoms with Crippen molar-refractivity contribution in [3.05, 3.63) is 29.3 Å². The van der Waals surface area contributed by atoms with Gasteiger partial charge in [0.05, 0.1) is 5.56 Å². The second-order valence-corrected chi connectivity index (χ2v) is 6.10. The molecule has 2 rings (SSSR count). The largest absolute Gasteiger partial charge is 0.398 e. The molecule has 0 aromatic heterocycles. The van der Waals surface area contributed by atoms with Crippen LogP contribution in [0.5, 0.6) is 0 Å². The average molecular weight is 275 g/mol. The molecule has 4 nitrogen and oxygen atoms in total. The lowest BCUT2D eigenvalue weighted by Crippen LogP contribution is -2.50. The highest BCUT2D eigenvalue weighted by atomic mass is 16.1. The van der Waals surface area contributed by atoms with Gasteiger partial charge in [-0.3, -0.25) is 4.79 Å². The van der Waals surface area contributed by atoms with E-state index >= 15 is 0 Å². The van der Waals surface area contributed by atoms with E-state index in [9.17, 15) is 4.79 Å². The molecule has 1 aromatic rings. The molecule has 0 unspecified atom stereocenters. The third-order valence-electron chi connectivity index (χ3n) is 4.51. The van der Waals surface area contributed by atoms with Crippen LogP contribution in [0.1, 0.15) is 41.6 Å². The van der Waals surface area contributed by atoms with Crippen LogP contribution in [0.25, 0.3) is 0 Å². The molecule has 110 valence electrons. The number of hydrogen-bond donors (Lipinski definition) is 2. The van der Waals surface area contributed by atoms with Crippen LogP contribution in [0.3, 0.4) is 0 Å². The van der Waals surface area contributed by atoms with Crippen LogP contribution < -0.4 is 11.1 Å². The Morgan fingerprint density at radius 2 is 2.00 bits per heavy atom. The van der Waals surface area contributed by atoms with Crippen molar-refractivity contribution in [3.63, 3.8) is 0 Å². The lowest BCUT2D eigenvalue weighted by atomic mass is 9.95. The average Bonchev–Trinajstić information content (AvgIpc) is 2.89. The maximum atomic E-state index is 12.3. The van der Waals surface area contributed by atoms with E-state index in [0.29, 0.717) is 17.8 Å². The Labute approximate surface area is 121 Å². The van der Waals surface area contributed by atoms with Gasteiger partial charge in [0.1, 0.15) is 0 Å². The first kappa shape index (κ1) is 14.9. The number of likely N-dealkylation sites (N-methyl/N-ethyl adjacent to an activating group) is 1. The highest BCUT2D eigenvalue weighted by Crippen LogP contribution is 2.33. The molecule has 1 amide bonds. The molecule has 1 saturated carbocycles. The number of hydrogen-bond acceptors (Lipinski definition) is 3. The fraction of sp³-hybridized carbons (Fsp3) is 0.562. The van der Waals surface area contributed by atoms with Crippen molar-refractivity contribution in [2.24, 2.45) is 0 Å². The van der Waals surface area contributed by atoms with Crippen LogP contribution in [0.2, 0.25) is 0 Å². The Balaban J connectivity index is 2.06. The van der Waals surface area contributed by atoms with Crippen molar-refractivity contribution in [1.82, 2.24) is 10.2 Å². The van der Waals surface area contributed by atoms with Gasteiger partial charge in [-0.2, -0.15) is 0 Å². The molecule has 0 saturated heterocycles. The van der Waals surface area contributed by atoms with Crippen molar-refractivity contribution in [2.45, 2.75) is 38.1 Å². The Bertz CT molecular complexity index is 490. The summed E-state index contributed by atoms with van der Waals surface area (Å²) in [4.78, 5) is 14.6. The number of nitrogen functional groups attached to an aromatic ring is 1. The third-order valence-corrected chi connectivity index (χ3v) is 4.51. The minimum atomic E-state index is -0.0701. The monoisotopic (exact) mass is 275 g/mol. The molecule has 3 N–H and O–H groups in total. The Kier molecular flexibility index (Phi) is 4.33. The van der Waals surface area contributed by atoms with E-state index < -0.39 is 0 Å². The van der Waals surface area contributed by atoms with Crippen LogP contribution >= 0.6 is 0 Å². The highest BCUT2D eigenvalue weighted by molar-refractivity contribution is 5.99. The Morgan fingerprint density at radius 3 is 2.60 bits per heavy atom. The number of benzene rings is 1. The van der Waals surface area contributed by atoms with Gasteiger partial charge < -0.3 is 16.0 Å². The Hall–Kier alpha value is -1.55. The fourth-order valence-corrected chi connectivity index (χ4v) is 3.02. The zero-order valence-electron chi connectivity index (χ0n) is 12.7. The minimum absolute atomic E-state index is 0.0701. The summed E-state index contributed by atoms with van der Waals surface area (Å²) in [6.45, 7) is 2.65. The van der Waals surface area contributed by atoms with Gasteiger partial charge in [0.15, 0.2) is 0 Å². The molecule has 0 heterocycles. The number of nitrogens with one attached hydrogen (secondary N) is 1. The maximum Gasteiger partial charge on any atom is 0.253 e. The molecule has 0 atom stereocenters. The summed E-state index contributed by atoms with van der Waals surface area (Å²) >= 11 is 0. The van der Waals surface area contributed by atoms with Gasteiger partial charge in [-0.15, -0.1) is 0 Å². The SMILES string of the molecule is Cc1ccc(N)c(C(=O)NCC2(N(C)C)CCCC2)c1. The van der Waals surface area contributed by atoms with Crippen LogP contribution in [-0.2, 0) is 0 Å². The highest BCUT2D eigenvalue weighted by Gasteiger charge is 2.36. The van der Waals surface area contributed by atoms with Crippen LogP contribution in [0.15, 0.2) is 18.2 Å². The van der Waals surface area contributed by atoms with E-state index in [1.165, 1.54) is 12.8 Å². The Morgan fingerprint density at radius 1 is 1.35 bits per heavy atom. The zero-order valence-corrected chi connectivity index (χ0v) is 12.7. The predicted octanol–water partition coefficient (Wildman–Crippen LogP) is 2.18. The smallest absolute Gasteiger partial charge is 0.253 e. The number of amides is 1. The normalized spacial score (nSPS) is 17.4. The molecule has 0 radical (unpaired) electrons. The fourth-order valence-electron chi connectivity index (χ4n) is 3.02. The number of aryl methyl sites for hydroxylation is 1. The predicted molar refractivity (Wildman–Crippen MR) is 82.8 cm³/mol. The van der Waals surface area contributed by atoms with Crippen molar-refractivity contribution < 1.29 is 4.79 Å². The van der Waals surface area contributed by atoms with Gasteiger partial charge in [0, 0.05) is 17.8 Å². The van der Waals surface area contributed by atoms with Crippen LogP contribution in [0, 0.1) is 6.92 Å². The van der Waals surface area contributed by atoms with Crippen molar-refractivity contribution in [3.8, 4) is 0 Å². The number of nitrogens with zero attached hydrogens (tertiary/aromatic N) is 1. The van der Waals surface area contributed by atoms with Crippen molar-refractivity contribution in [1.29, 1.82) is 0 Å². The molecule has 20 heavy (non-hydrogen) atoms. The summed E-state index contributed by atoms with van der Waals surface area (Å²) < 4.78 is 0. The van der Waals surface area contributed by atoms with Crippen LogP contribution in [0.4, 0.5) is 5.69 Å². The molecule has 4 heteroatoms. The van der Waals surface area contributed by atoms with Gasteiger partial charge in [-0.05, 0) is 46.0 Å². The maximum absolute atomic E-state index is 12.3. The van der Waals surface area contributed by atoms with E-state index in [1.807, 2.05) is 19.1 Å². The van der Waals surface area contributed by atoms with Gasteiger partial charge >= 0.3 is 0 Å². The summed E-state index contributed by atoms with van der Waals surface area (Å²) in [5.74, 6) is -0.0701. The van der Waals surface area contributed by atoms with Gasteiger partial charge in [-0.25, -0.2) is 0 Å². The molecule has 1 fully saturated rings. The summed E-state index contributed by atoms with van der Waals surface area (Å²) in [6.07, 6.45) is 4.76. The third kappa shape index (κ3) is 2.96. The minimum Gasteiger partial charge on any atom is -0.398 e. The second kappa shape index (κ2) is 5.83. The van der Waals surface area contributed by atoms with E-state index in [-0.39, 0.29) is 11.4 Å². The molecule has 1 aromatic carbocycles. The second-order valence-electron chi connectivity index (χ2n) is 6.10. The molecule has 0 bridgehead atoms. The van der Waals surface area contributed by atoms with E-state index in [0.717, 1.165) is 18.4 Å². The van der Waals surface area contributed by atoms with Gasteiger partial charge in [-0.1, -0.05) is 24.5 Å². The van der Waals surface area contributed by atoms with E-state index in [4.69, 9.17) is 5.73 Å². The zero-order chi connectivity index (χ0) is 14.8. The molecule has 1 aliphatic rings. The topological polar surface area (TPSA) is 58.4 Å². The standard InChI is InChI=1S/C16H25N3O/c1-12-6-7-14(17)13(10-12)15(20)18-11-16(19(2)3)8-4-5-9-16/h6-7,10H,4-5,8-9,11,17H2,1-3H3,(H,18,20). The van der Waals surface area contributed by atoms with E-state index in [1.54, 1.807) is 6.07 Å². The summed E-state index contributed by atoms with van der Waals surface area (Å²) in [5.41, 5.74) is 8.17. The number of anilines is 1. The van der Waals surface area contributed by atoms with Gasteiger partial charge in [0.25, 0.3) is 5.91 Å². The van der Waals surface area contributed by atoms with Gasteiger partial charge in [0.2, 0.25) is 0 Å². The quantitative estimate of drug-likeness (QED) is 0.828. The number of carbonyl (C=O) groups excluding carboxylic acids is 1. The lowest BCUT2D eigenvalue weighted by Gasteiger charge is -2.36. The first-order valence-corrected chi connectivity index (χ1v) is 7.26.